The van der Waals surface area contributed by atoms with Crippen molar-refractivity contribution in [2.45, 2.75) is 25.6 Å². The number of amides is 1. The van der Waals surface area contributed by atoms with E-state index in [-0.39, 0.29) is 17.8 Å². The molecule has 4 rings (SSSR count). The average molecular weight is 413 g/mol. The number of rotatable bonds is 6. The highest BCUT2D eigenvalue weighted by molar-refractivity contribution is 7.13. The number of hydrogen-bond donors (Lipinski definition) is 1. The number of halogens is 1. The second kappa shape index (κ2) is 9.06. The predicted molar refractivity (Wildman–Crippen MR) is 109 cm³/mol. The van der Waals surface area contributed by atoms with E-state index in [1.54, 1.807) is 29.9 Å². The molecule has 3 heterocycles. The Morgan fingerprint density at radius 1 is 1.21 bits per heavy atom. The van der Waals surface area contributed by atoms with Gasteiger partial charge in [-0.3, -0.25) is 10.1 Å². The number of nitrogens with zero attached hydrogens (tertiary/aromatic N) is 4. The Bertz CT molecular complexity index is 927. The summed E-state index contributed by atoms with van der Waals surface area (Å²) in [5, 5.41) is 10.6. The van der Waals surface area contributed by atoms with Crippen LogP contribution in [0, 0.1) is 5.82 Å². The molecule has 150 valence electrons. The van der Waals surface area contributed by atoms with Gasteiger partial charge in [0.1, 0.15) is 17.1 Å². The molecule has 1 amide bonds. The summed E-state index contributed by atoms with van der Waals surface area (Å²) in [5.41, 5.74) is 3.00. The first-order valence-electron chi connectivity index (χ1n) is 9.32. The van der Waals surface area contributed by atoms with Crippen molar-refractivity contribution in [3.63, 3.8) is 0 Å². The molecule has 29 heavy (non-hydrogen) atoms. The largest absolute Gasteiger partial charge is 0.373 e. The summed E-state index contributed by atoms with van der Waals surface area (Å²) in [6.45, 7) is 2.15. The van der Waals surface area contributed by atoms with Gasteiger partial charge in [0.15, 0.2) is 0 Å². The standard InChI is InChI=1S/C20H20FN5O2S/c21-16-4-1-14(2-5-16)12-28-17-7-9-26(10-8-17)18-6-3-15(11-22-18)19(27)24-20-25-23-13-29-20/h1-6,11,13,17H,7-10,12H2,(H,24,25,27). The summed E-state index contributed by atoms with van der Waals surface area (Å²) >= 11 is 1.26. The molecule has 0 aliphatic carbocycles. The summed E-state index contributed by atoms with van der Waals surface area (Å²) < 4.78 is 18.9. The third-order valence-corrected chi connectivity index (χ3v) is 5.36. The van der Waals surface area contributed by atoms with Crippen LogP contribution in [0.25, 0.3) is 0 Å². The van der Waals surface area contributed by atoms with Crippen molar-refractivity contribution in [3.05, 3.63) is 65.0 Å². The second-order valence-electron chi connectivity index (χ2n) is 6.73. The molecule has 1 N–H and O–H groups in total. The number of benzene rings is 1. The fourth-order valence-electron chi connectivity index (χ4n) is 3.15. The lowest BCUT2D eigenvalue weighted by Crippen LogP contribution is -2.37. The van der Waals surface area contributed by atoms with E-state index in [0.29, 0.717) is 17.3 Å². The maximum atomic E-state index is 13.0. The molecule has 1 fully saturated rings. The van der Waals surface area contributed by atoms with Crippen molar-refractivity contribution in [1.82, 2.24) is 15.2 Å². The van der Waals surface area contributed by atoms with Crippen molar-refractivity contribution >= 4 is 28.2 Å². The van der Waals surface area contributed by atoms with Gasteiger partial charge in [0, 0.05) is 19.3 Å². The predicted octanol–water partition coefficient (Wildman–Crippen LogP) is 3.51. The number of carbonyl (C=O) groups is 1. The summed E-state index contributed by atoms with van der Waals surface area (Å²) in [5.74, 6) is 0.349. The Balaban J connectivity index is 1.26. The van der Waals surface area contributed by atoms with Gasteiger partial charge < -0.3 is 9.64 Å². The highest BCUT2D eigenvalue weighted by Crippen LogP contribution is 2.21. The second-order valence-corrected chi connectivity index (χ2v) is 7.56. The van der Waals surface area contributed by atoms with Crippen LogP contribution in [0.4, 0.5) is 15.3 Å². The van der Waals surface area contributed by atoms with Gasteiger partial charge in [-0.1, -0.05) is 23.5 Å². The van der Waals surface area contributed by atoms with Gasteiger partial charge in [-0.25, -0.2) is 9.37 Å². The number of anilines is 2. The summed E-state index contributed by atoms with van der Waals surface area (Å²) in [6, 6.07) is 10.0. The zero-order chi connectivity index (χ0) is 20.1. The van der Waals surface area contributed by atoms with E-state index < -0.39 is 0 Å². The minimum Gasteiger partial charge on any atom is -0.373 e. The first-order chi connectivity index (χ1) is 14.2. The van der Waals surface area contributed by atoms with Crippen LogP contribution in [0.5, 0.6) is 0 Å². The molecule has 0 bridgehead atoms. The molecule has 1 aliphatic rings. The van der Waals surface area contributed by atoms with Gasteiger partial charge in [-0.05, 0) is 42.7 Å². The van der Waals surface area contributed by atoms with Crippen LogP contribution in [0.2, 0.25) is 0 Å². The molecule has 0 atom stereocenters. The van der Waals surface area contributed by atoms with Crippen LogP contribution in [-0.4, -0.2) is 40.3 Å². The molecule has 0 spiro atoms. The molecular weight excluding hydrogens is 393 g/mol. The van der Waals surface area contributed by atoms with E-state index in [4.69, 9.17) is 4.74 Å². The van der Waals surface area contributed by atoms with Crippen molar-refractivity contribution in [1.29, 1.82) is 0 Å². The zero-order valence-corrected chi connectivity index (χ0v) is 16.4. The number of carbonyl (C=O) groups excluding carboxylic acids is 1. The van der Waals surface area contributed by atoms with E-state index in [2.05, 4.69) is 25.4 Å². The normalized spacial score (nSPS) is 14.7. The van der Waals surface area contributed by atoms with Gasteiger partial charge >= 0.3 is 0 Å². The van der Waals surface area contributed by atoms with Gasteiger partial charge in [0.25, 0.3) is 5.91 Å². The van der Waals surface area contributed by atoms with E-state index in [1.807, 2.05) is 6.07 Å². The molecule has 9 heteroatoms. The number of ether oxygens (including phenoxy) is 1. The van der Waals surface area contributed by atoms with Crippen LogP contribution in [0.3, 0.4) is 0 Å². The van der Waals surface area contributed by atoms with Crippen molar-refractivity contribution < 1.29 is 13.9 Å². The Hall–Kier alpha value is -2.91. The van der Waals surface area contributed by atoms with Gasteiger partial charge in [0.2, 0.25) is 5.13 Å². The van der Waals surface area contributed by atoms with E-state index in [9.17, 15) is 9.18 Å². The first-order valence-corrected chi connectivity index (χ1v) is 10.2. The molecule has 1 aliphatic heterocycles. The zero-order valence-electron chi connectivity index (χ0n) is 15.6. The van der Waals surface area contributed by atoms with Gasteiger partial charge in [0.05, 0.1) is 18.3 Å². The lowest BCUT2D eigenvalue weighted by atomic mass is 10.1. The lowest BCUT2D eigenvalue weighted by molar-refractivity contribution is 0.0250. The van der Waals surface area contributed by atoms with Crippen LogP contribution in [-0.2, 0) is 11.3 Å². The van der Waals surface area contributed by atoms with Crippen molar-refractivity contribution in [2.24, 2.45) is 0 Å². The van der Waals surface area contributed by atoms with Crippen LogP contribution in [0.15, 0.2) is 48.1 Å². The molecule has 3 aromatic rings. The third kappa shape index (κ3) is 5.12. The van der Waals surface area contributed by atoms with Crippen LogP contribution >= 0.6 is 11.3 Å². The SMILES string of the molecule is O=C(Nc1nncs1)c1ccc(N2CCC(OCc3ccc(F)cc3)CC2)nc1. The molecule has 1 aromatic carbocycles. The van der Waals surface area contributed by atoms with Gasteiger partial charge in [-0.2, -0.15) is 0 Å². The maximum absolute atomic E-state index is 13.0. The van der Waals surface area contributed by atoms with E-state index >= 15 is 0 Å². The maximum Gasteiger partial charge on any atom is 0.259 e. The summed E-state index contributed by atoms with van der Waals surface area (Å²) in [7, 11) is 0. The highest BCUT2D eigenvalue weighted by Gasteiger charge is 2.21. The van der Waals surface area contributed by atoms with E-state index in [0.717, 1.165) is 37.3 Å². The van der Waals surface area contributed by atoms with Crippen LogP contribution in [0.1, 0.15) is 28.8 Å². The average Bonchev–Trinajstić information content (AvgIpc) is 3.27. The Labute approximate surface area is 171 Å². The monoisotopic (exact) mass is 413 g/mol. The topological polar surface area (TPSA) is 80.2 Å². The third-order valence-electron chi connectivity index (χ3n) is 4.76. The van der Waals surface area contributed by atoms with E-state index in [1.165, 1.54) is 23.5 Å². The molecule has 0 unspecified atom stereocenters. The number of nitrogens with one attached hydrogen (secondary N) is 1. The van der Waals surface area contributed by atoms with Gasteiger partial charge in [-0.15, -0.1) is 10.2 Å². The summed E-state index contributed by atoms with van der Waals surface area (Å²) in [6.07, 6.45) is 3.53. The molecule has 0 saturated carbocycles. The minimum absolute atomic E-state index is 0.174. The fraction of sp³-hybridized carbons (Fsp3) is 0.300. The Morgan fingerprint density at radius 3 is 2.66 bits per heavy atom. The van der Waals surface area contributed by atoms with Crippen molar-refractivity contribution in [2.75, 3.05) is 23.3 Å². The van der Waals surface area contributed by atoms with Crippen molar-refractivity contribution in [3.8, 4) is 0 Å². The number of pyridine rings is 1. The number of hydrogen-bond acceptors (Lipinski definition) is 7. The Morgan fingerprint density at radius 2 is 2.00 bits per heavy atom. The molecule has 0 radical (unpaired) electrons. The quantitative estimate of drug-likeness (QED) is 0.666. The number of aromatic nitrogens is 3. The molecule has 7 nitrogen and oxygen atoms in total. The molecule has 2 aromatic heterocycles. The highest BCUT2D eigenvalue weighted by atomic mass is 32.1. The lowest BCUT2D eigenvalue weighted by Gasteiger charge is -2.32. The smallest absolute Gasteiger partial charge is 0.259 e. The first kappa shape index (κ1) is 19.4. The molecule has 1 saturated heterocycles. The Kier molecular flexibility index (Phi) is 6.06. The number of piperidine rings is 1. The molecular formula is C20H20FN5O2S. The van der Waals surface area contributed by atoms with Crippen LogP contribution < -0.4 is 10.2 Å². The fourth-order valence-corrected chi connectivity index (χ4v) is 3.59. The minimum atomic E-state index is -0.256. The summed E-state index contributed by atoms with van der Waals surface area (Å²) in [4.78, 5) is 18.8.